The summed E-state index contributed by atoms with van der Waals surface area (Å²) in [6.07, 6.45) is 2.10. The second kappa shape index (κ2) is 6.34. The zero-order valence-corrected chi connectivity index (χ0v) is 13.5. The van der Waals surface area contributed by atoms with Gasteiger partial charge in [-0.1, -0.05) is 17.7 Å². The molecule has 2 heterocycles. The summed E-state index contributed by atoms with van der Waals surface area (Å²) in [7, 11) is 0. The summed E-state index contributed by atoms with van der Waals surface area (Å²) in [5.74, 6) is 1.23. The summed E-state index contributed by atoms with van der Waals surface area (Å²) >= 11 is 6.15. The lowest BCUT2D eigenvalue weighted by molar-refractivity contribution is 0.119. The Labute approximate surface area is 134 Å². The minimum atomic E-state index is -0.306. The molecule has 1 fully saturated rings. The van der Waals surface area contributed by atoms with Crippen molar-refractivity contribution >= 4 is 11.6 Å². The number of aryl methyl sites for hydroxylation is 1. The van der Waals surface area contributed by atoms with E-state index < -0.39 is 0 Å². The van der Waals surface area contributed by atoms with Gasteiger partial charge in [0.15, 0.2) is 0 Å². The minimum Gasteiger partial charge on any atom is -0.425 e. The van der Waals surface area contributed by atoms with E-state index in [4.69, 9.17) is 16.0 Å². The first-order chi connectivity index (χ1) is 10.5. The van der Waals surface area contributed by atoms with Gasteiger partial charge < -0.3 is 4.42 Å². The number of likely N-dealkylation sites (tertiary alicyclic amines) is 1. The third kappa shape index (κ3) is 3.15. The van der Waals surface area contributed by atoms with Gasteiger partial charge in [0.2, 0.25) is 11.8 Å². The van der Waals surface area contributed by atoms with Crippen LogP contribution < -0.4 is 0 Å². The van der Waals surface area contributed by atoms with Crippen molar-refractivity contribution < 1.29 is 8.81 Å². The van der Waals surface area contributed by atoms with E-state index in [1.54, 1.807) is 13.0 Å². The van der Waals surface area contributed by atoms with Gasteiger partial charge in [0.05, 0.1) is 5.92 Å². The van der Waals surface area contributed by atoms with Crippen LogP contribution in [0.1, 0.15) is 43.0 Å². The van der Waals surface area contributed by atoms with Crippen molar-refractivity contribution in [1.82, 2.24) is 15.1 Å². The molecule has 0 saturated carbocycles. The molecule has 1 aliphatic heterocycles. The van der Waals surface area contributed by atoms with E-state index in [-0.39, 0.29) is 17.8 Å². The molecule has 22 heavy (non-hydrogen) atoms. The molecule has 1 saturated heterocycles. The normalized spacial score (nSPS) is 22.9. The van der Waals surface area contributed by atoms with Crippen LogP contribution in [0.2, 0.25) is 5.02 Å². The van der Waals surface area contributed by atoms with Crippen LogP contribution in [-0.2, 0) is 6.54 Å². The van der Waals surface area contributed by atoms with E-state index in [1.807, 2.05) is 0 Å². The van der Waals surface area contributed by atoms with Crippen molar-refractivity contribution in [1.29, 1.82) is 0 Å². The Hall–Kier alpha value is -1.46. The number of benzene rings is 1. The average molecular weight is 324 g/mol. The second-order valence-electron chi connectivity index (χ2n) is 5.85. The Kier molecular flexibility index (Phi) is 4.45. The van der Waals surface area contributed by atoms with Gasteiger partial charge in [-0.3, -0.25) is 4.90 Å². The predicted molar refractivity (Wildman–Crippen MR) is 82.3 cm³/mol. The summed E-state index contributed by atoms with van der Waals surface area (Å²) in [5, 5.41) is 8.58. The maximum Gasteiger partial charge on any atom is 0.221 e. The van der Waals surface area contributed by atoms with Crippen LogP contribution in [0.4, 0.5) is 4.39 Å². The van der Waals surface area contributed by atoms with Crippen molar-refractivity contribution in [3.63, 3.8) is 0 Å². The number of rotatable bonds is 3. The first-order valence-corrected chi connectivity index (χ1v) is 7.90. The van der Waals surface area contributed by atoms with E-state index in [0.717, 1.165) is 24.9 Å². The van der Waals surface area contributed by atoms with E-state index in [2.05, 4.69) is 22.0 Å². The highest BCUT2D eigenvalue weighted by atomic mass is 35.5. The van der Waals surface area contributed by atoms with E-state index in [0.29, 0.717) is 23.3 Å². The number of nitrogens with zero attached hydrogens (tertiary/aromatic N) is 3. The van der Waals surface area contributed by atoms with Crippen molar-refractivity contribution in [2.45, 2.75) is 45.2 Å². The first kappa shape index (κ1) is 15.4. The maximum atomic E-state index is 13.2. The Morgan fingerprint density at radius 1 is 1.41 bits per heavy atom. The molecule has 0 amide bonds. The number of halogens is 2. The lowest BCUT2D eigenvalue weighted by Gasteiger charge is -2.38. The zero-order chi connectivity index (χ0) is 15.7. The van der Waals surface area contributed by atoms with E-state index in [1.165, 1.54) is 12.1 Å². The van der Waals surface area contributed by atoms with Gasteiger partial charge in [-0.25, -0.2) is 4.39 Å². The van der Waals surface area contributed by atoms with Crippen LogP contribution >= 0.6 is 11.6 Å². The zero-order valence-electron chi connectivity index (χ0n) is 12.7. The molecule has 0 spiro atoms. The summed E-state index contributed by atoms with van der Waals surface area (Å²) in [6, 6.07) is 4.85. The van der Waals surface area contributed by atoms with E-state index in [9.17, 15) is 4.39 Å². The van der Waals surface area contributed by atoms with Gasteiger partial charge in [-0.2, -0.15) is 0 Å². The predicted octanol–water partition coefficient (Wildman–Crippen LogP) is 3.94. The molecule has 0 N–H and O–H groups in total. The second-order valence-corrected chi connectivity index (χ2v) is 6.26. The lowest BCUT2D eigenvalue weighted by Crippen LogP contribution is -2.41. The minimum absolute atomic E-state index is 0.231. The molecule has 118 valence electrons. The highest BCUT2D eigenvalue weighted by Gasteiger charge is 2.32. The fraction of sp³-hybridized carbons (Fsp3) is 0.500. The quantitative estimate of drug-likeness (QED) is 0.858. The van der Waals surface area contributed by atoms with Gasteiger partial charge in [0.1, 0.15) is 5.82 Å². The van der Waals surface area contributed by atoms with Gasteiger partial charge in [-0.15, -0.1) is 10.2 Å². The topological polar surface area (TPSA) is 42.2 Å². The molecular weight excluding hydrogens is 305 g/mol. The number of hydrogen-bond donors (Lipinski definition) is 0. The number of aromatic nitrogens is 2. The average Bonchev–Trinajstić information content (AvgIpc) is 2.90. The molecule has 6 heteroatoms. The molecule has 0 radical (unpaired) electrons. The van der Waals surface area contributed by atoms with Crippen molar-refractivity contribution in [3.05, 3.63) is 46.4 Å². The summed E-state index contributed by atoms with van der Waals surface area (Å²) < 4.78 is 18.8. The molecule has 4 nitrogen and oxygen atoms in total. The fourth-order valence-electron chi connectivity index (χ4n) is 3.10. The lowest BCUT2D eigenvalue weighted by atomic mass is 9.89. The Bertz CT molecular complexity index is 661. The molecule has 1 aromatic carbocycles. The van der Waals surface area contributed by atoms with Crippen LogP contribution in [0.5, 0.6) is 0 Å². The SMILES string of the molecule is Cc1nnc([C@H]2CCCN(Cc3ccc(F)cc3Cl)[C@H]2C)o1. The van der Waals surface area contributed by atoms with Gasteiger partial charge in [-0.05, 0) is 44.0 Å². The smallest absolute Gasteiger partial charge is 0.221 e. The summed E-state index contributed by atoms with van der Waals surface area (Å²) in [6.45, 7) is 5.66. The number of piperidine rings is 1. The maximum absolute atomic E-state index is 13.2. The van der Waals surface area contributed by atoms with Crippen LogP contribution in [-0.4, -0.2) is 27.7 Å². The van der Waals surface area contributed by atoms with E-state index >= 15 is 0 Å². The summed E-state index contributed by atoms with van der Waals surface area (Å²) in [4.78, 5) is 2.34. The molecule has 0 unspecified atom stereocenters. The monoisotopic (exact) mass is 323 g/mol. The van der Waals surface area contributed by atoms with Gasteiger partial charge in [0.25, 0.3) is 0 Å². The van der Waals surface area contributed by atoms with Crippen molar-refractivity contribution in [2.24, 2.45) is 0 Å². The molecule has 2 atom stereocenters. The molecule has 1 aliphatic rings. The van der Waals surface area contributed by atoms with Crippen LogP contribution in [0, 0.1) is 12.7 Å². The van der Waals surface area contributed by atoms with Crippen LogP contribution in [0.25, 0.3) is 0 Å². The number of hydrogen-bond acceptors (Lipinski definition) is 4. The molecule has 1 aromatic heterocycles. The fourth-order valence-corrected chi connectivity index (χ4v) is 3.32. The molecular formula is C16H19ClFN3O. The Balaban J connectivity index is 1.76. The van der Waals surface area contributed by atoms with Gasteiger partial charge in [0, 0.05) is 24.5 Å². The van der Waals surface area contributed by atoms with Crippen LogP contribution in [0.15, 0.2) is 22.6 Å². The highest BCUT2D eigenvalue weighted by Crippen LogP contribution is 2.33. The standard InChI is InChI=1S/C16H19ClFN3O/c1-10-14(16-20-19-11(2)22-16)4-3-7-21(10)9-12-5-6-13(18)8-15(12)17/h5-6,8,10,14H,3-4,7,9H2,1-2H3/t10-,14-/m0/s1. The molecule has 0 aliphatic carbocycles. The molecule has 0 bridgehead atoms. The third-order valence-electron chi connectivity index (χ3n) is 4.37. The largest absolute Gasteiger partial charge is 0.425 e. The van der Waals surface area contributed by atoms with Gasteiger partial charge >= 0.3 is 0 Å². The third-order valence-corrected chi connectivity index (χ3v) is 4.72. The Morgan fingerprint density at radius 2 is 2.23 bits per heavy atom. The van der Waals surface area contributed by atoms with Crippen molar-refractivity contribution in [2.75, 3.05) is 6.54 Å². The molecule has 3 rings (SSSR count). The highest BCUT2D eigenvalue weighted by molar-refractivity contribution is 6.31. The van der Waals surface area contributed by atoms with Crippen LogP contribution in [0.3, 0.4) is 0 Å². The first-order valence-electron chi connectivity index (χ1n) is 7.52. The molecule has 2 aromatic rings. The Morgan fingerprint density at radius 3 is 2.91 bits per heavy atom. The van der Waals surface area contributed by atoms with Crippen molar-refractivity contribution in [3.8, 4) is 0 Å². The summed E-state index contributed by atoms with van der Waals surface area (Å²) in [5.41, 5.74) is 0.942.